The summed E-state index contributed by atoms with van der Waals surface area (Å²) < 4.78 is 10.8. The minimum atomic E-state index is -0.684. The maximum atomic E-state index is 12.6. The topological polar surface area (TPSA) is 146 Å². The Morgan fingerprint density at radius 2 is 1.97 bits per heavy atom. The first-order valence-electron chi connectivity index (χ1n) is 9.32. The molecule has 0 aliphatic heterocycles. The second-order valence-electron chi connectivity index (χ2n) is 6.30. The standard InChI is InChI=1S/C20H19N5O6S/c1-30-17-7-15(16(25(28)29)8-18(17)31-10-14-11-32-12-24-14)20(27)23-6-5-22-19(26)13-3-2-4-21-9-13/h2-4,7-9,11-12H,5-6,10H2,1H3,(H,22,26)(H,23,27). The highest BCUT2D eigenvalue weighted by Gasteiger charge is 2.25. The summed E-state index contributed by atoms with van der Waals surface area (Å²) in [7, 11) is 1.37. The second-order valence-corrected chi connectivity index (χ2v) is 7.02. The van der Waals surface area contributed by atoms with E-state index in [1.165, 1.54) is 30.7 Å². The number of pyridine rings is 1. The zero-order valence-electron chi connectivity index (χ0n) is 16.9. The molecule has 2 aromatic heterocycles. The Hall–Kier alpha value is -4.06. The molecule has 2 N–H and O–H groups in total. The number of methoxy groups -OCH3 is 1. The van der Waals surface area contributed by atoms with Crippen LogP contribution in [0.5, 0.6) is 11.5 Å². The third kappa shape index (κ3) is 5.76. The van der Waals surface area contributed by atoms with Crippen LogP contribution < -0.4 is 20.1 Å². The summed E-state index contributed by atoms with van der Waals surface area (Å²) >= 11 is 1.40. The Morgan fingerprint density at radius 1 is 1.19 bits per heavy atom. The second kappa shape index (κ2) is 10.8. The molecule has 0 bridgehead atoms. The lowest BCUT2D eigenvalue weighted by atomic mass is 10.1. The van der Waals surface area contributed by atoms with E-state index in [1.807, 2.05) is 0 Å². The number of benzene rings is 1. The number of carbonyl (C=O) groups excluding carboxylic acids is 2. The minimum absolute atomic E-state index is 0.0619. The van der Waals surface area contributed by atoms with E-state index in [0.29, 0.717) is 11.3 Å². The van der Waals surface area contributed by atoms with Crippen LogP contribution in [-0.2, 0) is 6.61 Å². The number of hydrogen-bond donors (Lipinski definition) is 2. The number of rotatable bonds is 10. The highest BCUT2D eigenvalue weighted by molar-refractivity contribution is 7.07. The van der Waals surface area contributed by atoms with Crippen molar-refractivity contribution in [2.24, 2.45) is 0 Å². The summed E-state index contributed by atoms with van der Waals surface area (Å²) in [6.45, 7) is 0.283. The van der Waals surface area contributed by atoms with Crippen molar-refractivity contribution in [3.05, 3.63) is 74.5 Å². The SMILES string of the molecule is COc1cc(C(=O)NCCNC(=O)c2cccnc2)c([N+](=O)[O-])cc1OCc1cscn1. The monoisotopic (exact) mass is 457 g/mol. The van der Waals surface area contributed by atoms with Crippen molar-refractivity contribution in [2.45, 2.75) is 6.61 Å². The molecule has 3 rings (SSSR count). The zero-order valence-corrected chi connectivity index (χ0v) is 17.8. The fourth-order valence-electron chi connectivity index (χ4n) is 2.66. The lowest BCUT2D eigenvalue weighted by Gasteiger charge is -2.12. The van der Waals surface area contributed by atoms with E-state index in [4.69, 9.17) is 9.47 Å². The van der Waals surface area contributed by atoms with Gasteiger partial charge in [-0.05, 0) is 12.1 Å². The fraction of sp³-hybridized carbons (Fsp3) is 0.200. The molecule has 3 aromatic rings. The maximum Gasteiger partial charge on any atom is 0.286 e. The molecule has 166 valence electrons. The number of ether oxygens (including phenoxy) is 2. The normalized spacial score (nSPS) is 10.3. The van der Waals surface area contributed by atoms with Gasteiger partial charge in [-0.15, -0.1) is 11.3 Å². The van der Waals surface area contributed by atoms with Gasteiger partial charge in [0.2, 0.25) is 0 Å². The average molecular weight is 457 g/mol. The molecule has 1 aromatic carbocycles. The highest BCUT2D eigenvalue weighted by Crippen LogP contribution is 2.35. The van der Waals surface area contributed by atoms with Crippen molar-refractivity contribution in [3.63, 3.8) is 0 Å². The van der Waals surface area contributed by atoms with Crippen molar-refractivity contribution in [1.29, 1.82) is 0 Å². The number of thiazole rings is 1. The van der Waals surface area contributed by atoms with Gasteiger partial charge >= 0.3 is 0 Å². The van der Waals surface area contributed by atoms with E-state index in [0.717, 1.165) is 6.07 Å². The molecule has 0 fully saturated rings. The van der Waals surface area contributed by atoms with Crippen molar-refractivity contribution < 1.29 is 24.0 Å². The molecule has 0 unspecified atom stereocenters. The first-order chi connectivity index (χ1) is 15.5. The van der Waals surface area contributed by atoms with Gasteiger partial charge in [0.25, 0.3) is 17.5 Å². The van der Waals surface area contributed by atoms with Crippen molar-refractivity contribution in [1.82, 2.24) is 20.6 Å². The molecule has 0 aliphatic carbocycles. The van der Waals surface area contributed by atoms with Crippen LogP contribution in [0.2, 0.25) is 0 Å². The van der Waals surface area contributed by atoms with Gasteiger partial charge in [-0.25, -0.2) is 4.98 Å². The van der Waals surface area contributed by atoms with Gasteiger partial charge in [-0.2, -0.15) is 0 Å². The summed E-state index contributed by atoms with van der Waals surface area (Å²) in [4.78, 5) is 43.4. The Morgan fingerprint density at radius 3 is 2.59 bits per heavy atom. The molecule has 0 saturated heterocycles. The highest BCUT2D eigenvalue weighted by atomic mass is 32.1. The summed E-state index contributed by atoms with van der Waals surface area (Å²) in [6, 6.07) is 5.63. The number of nitro benzene ring substituents is 1. The molecule has 32 heavy (non-hydrogen) atoms. The molecule has 0 aliphatic rings. The summed E-state index contributed by atoms with van der Waals surface area (Å²) in [6.07, 6.45) is 2.97. The zero-order chi connectivity index (χ0) is 22.9. The molecule has 2 heterocycles. The van der Waals surface area contributed by atoms with Gasteiger partial charge < -0.3 is 20.1 Å². The van der Waals surface area contributed by atoms with Gasteiger partial charge in [0, 0.05) is 36.9 Å². The Bertz CT molecular complexity index is 1090. The molecule has 0 atom stereocenters. The van der Waals surface area contributed by atoms with E-state index in [9.17, 15) is 19.7 Å². The maximum absolute atomic E-state index is 12.6. The van der Waals surface area contributed by atoms with Crippen LogP contribution in [0.3, 0.4) is 0 Å². The van der Waals surface area contributed by atoms with Gasteiger partial charge in [0.15, 0.2) is 11.5 Å². The molecular formula is C20H19N5O6S. The minimum Gasteiger partial charge on any atom is -0.493 e. The van der Waals surface area contributed by atoms with E-state index in [2.05, 4.69) is 20.6 Å². The average Bonchev–Trinajstić information content (AvgIpc) is 3.33. The van der Waals surface area contributed by atoms with Crippen LogP contribution in [0.25, 0.3) is 0 Å². The molecule has 0 radical (unpaired) electrons. The predicted octanol–water partition coefficient (Wildman–Crippen LogP) is 2.19. The Balaban J connectivity index is 1.65. The number of nitrogens with zero attached hydrogens (tertiary/aromatic N) is 3. The fourth-order valence-corrected chi connectivity index (χ4v) is 3.20. The van der Waals surface area contributed by atoms with Crippen molar-refractivity contribution in [2.75, 3.05) is 20.2 Å². The van der Waals surface area contributed by atoms with Crippen LogP contribution in [0, 0.1) is 10.1 Å². The summed E-state index contributed by atoms with van der Waals surface area (Å²) in [5, 5.41) is 18.5. The molecular weight excluding hydrogens is 438 g/mol. The number of hydrogen-bond acceptors (Lipinski definition) is 9. The van der Waals surface area contributed by atoms with E-state index >= 15 is 0 Å². The largest absolute Gasteiger partial charge is 0.493 e. The molecule has 12 heteroatoms. The van der Waals surface area contributed by atoms with Gasteiger partial charge in [0.05, 0.1) is 34.9 Å². The van der Waals surface area contributed by atoms with Crippen LogP contribution in [-0.4, -0.2) is 46.9 Å². The van der Waals surface area contributed by atoms with Crippen molar-refractivity contribution >= 4 is 28.8 Å². The van der Waals surface area contributed by atoms with Crippen LogP contribution >= 0.6 is 11.3 Å². The van der Waals surface area contributed by atoms with E-state index < -0.39 is 16.5 Å². The molecule has 0 saturated carbocycles. The van der Waals surface area contributed by atoms with E-state index in [-0.39, 0.29) is 42.7 Å². The number of carbonyl (C=O) groups is 2. The quantitative estimate of drug-likeness (QED) is 0.268. The Kier molecular flexibility index (Phi) is 7.65. The third-order valence-corrected chi connectivity index (χ3v) is 4.84. The van der Waals surface area contributed by atoms with Gasteiger partial charge in [0.1, 0.15) is 12.2 Å². The van der Waals surface area contributed by atoms with Crippen LogP contribution in [0.15, 0.2) is 47.5 Å². The number of amides is 2. The Labute approximate surface area is 186 Å². The first kappa shape index (κ1) is 22.6. The number of aromatic nitrogens is 2. The predicted molar refractivity (Wildman–Crippen MR) is 115 cm³/mol. The number of nitro groups is 1. The summed E-state index contributed by atoms with van der Waals surface area (Å²) in [5.41, 5.74) is 2.06. The van der Waals surface area contributed by atoms with Gasteiger partial charge in [-0.1, -0.05) is 0 Å². The van der Waals surface area contributed by atoms with Crippen molar-refractivity contribution in [3.8, 4) is 11.5 Å². The van der Waals surface area contributed by atoms with Crippen LogP contribution in [0.1, 0.15) is 26.4 Å². The van der Waals surface area contributed by atoms with Crippen LogP contribution in [0.4, 0.5) is 5.69 Å². The first-order valence-corrected chi connectivity index (χ1v) is 10.3. The lowest BCUT2D eigenvalue weighted by Crippen LogP contribution is -2.35. The van der Waals surface area contributed by atoms with Gasteiger partial charge in [-0.3, -0.25) is 24.7 Å². The van der Waals surface area contributed by atoms with E-state index in [1.54, 1.807) is 29.2 Å². The molecule has 11 nitrogen and oxygen atoms in total. The molecule has 0 spiro atoms. The number of nitrogens with one attached hydrogen (secondary N) is 2. The molecule has 2 amide bonds. The lowest BCUT2D eigenvalue weighted by molar-refractivity contribution is -0.385. The smallest absolute Gasteiger partial charge is 0.286 e. The third-order valence-electron chi connectivity index (χ3n) is 4.20. The summed E-state index contributed by atoms with van der Waals surface area (Å²) in [5.74, 6) is -0.744.